The summed E-state index contributed by atoms with van der Waals surface area (Å²) in [5, 5.41) is 0.918. The van der Waals surface area contributed by atoms with Crippen molar-refractivity contribution in [2.45, 2.75) is 25.4 Å². The van der Waals surface area contributed by atoms with Crippen LogP contribution in [0.5, 0.6) is 17.2 Å². The molecule has 0 spiro atoms. The third-order valence-corrected chi connectivity index (χ3v) is 8.53. The van der Waals surface area contributed by atoms with Crippen LogP contribution in [0.3, 0.4) is 0 Å². The standard InChI is InChI=1S/C35H35N5O5/c1-43-27-7-9-31-26(20-27)21-32(37-31)35(42)39-12-3-16-44-28-5-2-4-25(19-28)34-30-8-6-29(45-17-15-39)18-24(30)10-13-40(34)33(41)22-38-14-11-36-23-38/h2,4-9,11,14,18-21,23,34,37H,3,10,12-13,15-17,22H2,1H3. The first-order valence-electron chi connectivity index (χ1n) is 15.3. The van der Waals surface area contributed by atoms with Gasteiger partial charge in [0.25, 0.3) is 5.91 Å². The number of amides is 2. The lowest BCUT2D eigenvalue weighted by Crippen LogP contribution is -2.42. The Labute approximate surface area is 261 Å². The fourth-order valence-corrected chi connectivity index (χ4v) is 6.28. The van der Waals surface area contributed by atoms with Crippen LogP contribution in [0.1, 0.15) is 39.6 Å². The Kier molecular flexibility index (Phi) is 7.85. The van der Waals surface area contributed by atoms with E-state index in [2.05, 4.69) is 22.1 Å². The van der Waals surface area contributed by atoms with Gasteiger partial charge >= 0.3 is 0 Å². The van der Waals surface area contributed by atoms with Gasteiger partial charge in [-0.1, -0.05) is 18.2 Å². The first-order chi connectivity index (χ1) is 22.1. The number of rotatable bonds is 4. The van der Waals surface area contributed by atoms with Gasteiger partial charge in [0.2, 0.25) is 5.91 Å². The van der Waals surface area contributed by atoms with Gasteiger partial charge in [-0.05, 0) is 78.1 Å². The number of hydrogen-bond acceptors (Lipinski definition) is 6. The number of fused-ring (bicyclic) bond motifs is 9. The number of hydrogen-bond donors (Lipinski definition) is 1. The van der Waals surface area contributed by atoms with Gasteiger partial charge in [-0.25, -0.2) is 4.98 Å². The zero-order valence-corrected chi connectivity index (χ0v) is 25.1. The number of benzene rings is 3. The Morgan fingerprint density at radius 3 is 2.73 bits per heavy atom. The van der Waals surface area contributed by atoms with Gasteiger partial charge in [0.05, 0.1) is 32.6 Å². The number of methoxy groups -OCH3 is 1. The molecule has 3 aliphatic rings. The van der Waals surface area contributed by atoms with Crippen molar-refractivity contribution in [3.8, 4) is 17.2 Å². The molecular weight excluding hydrogens is 570 g/mol. The van der Waals surface area contributed by atoms with Gasteiger partial charge < -0.3 is 33.6 Å². The van der Waals surface area contributed by atoms with E-state index in [4.69, 9.17) is 14.2 Å². The van der Waals surface area contributed by atoms with E-state index in [0.717, 1.165) is 44.8 Å². The van der Waals surface area contributed by atoms with Crippen molar-refractivity contribution in [2.75, 3.05) is 40.0 Å². The van der Waals surface area contributed by atoms with Gasteiger partial charge in [-0.15, -0.1) is 0 Å². The van der Waals surface area contributed by atoms with Gasteiger partial charge in [0.1, 0.15) is 36.1 Å². The van der Waals surface area contributed by atoms with Gasteiger partial charge in [0, 0.05) is 36.4 Å². The molecule has 0 fully saturated rings. The normalized spacial score (nSPS) is 16.7. The molecule has 230 valence electrons. The SMILES string of the molecule is COc1ccc2[nH]c(C(=O)N3CCCOc4cccc(c4)C4c5ccc(cc5CCN4C(=O)Cn4ccnc4)OCC3)cc2c1. The van der Waals surface area contributed by atoms with E-state index in [1.165, 1.54) is 0 Å². The maximum Gasteiger partial charge on any atom is 0.270 e. The zero-order valence-electron chi connectivity index (χ0n) is 25.1. The van der Waals surface area contributed by atoms with Crippen molar-refractivity contribution >= 4 is 22.7 Å². The highest BCUT2D eigenvalue weighted by molar-refractivity contribution is 5.98. The minimum absolute atomic E-state index is 0.0311. The Balaban J connectivity index is 1.16. The number of nitrogens with one attached hydrogen (secondary N) is 1. The third-order valence-electron chi connectivity index (χ3n) is 8.53. The number of imidazole rings is 1. The van der Waals surface area contributed by atoms with Crippen LogP contribution in [-0.2, 0) is 17.8 Å². The summed E-state index contributed by atoms with van der Waals surface area (Å²) >= 11 is 0. The highest BCUT2D eigenvalue weighted by Crippen LogP contribution is 2.38. The molecule has 0 saturated heterocycles. The number of aromatic amines is 1. The highest BCUT2D eigenvalue weighted by Gasteiger charge is 2.33. The molecule has 1 atom stereocenters. The van der Waals surface area contributed by atoms with Crippen molar-refractivity contribution in [1.82, 2.24) is 24.3 Å². The van der Waals surface area contributed by atoms with E-state index in [-0.39, 0.29) is 24.4 Å². The molecule has 1 N–H and O–H groups in total. The molecule has 3 aliphatic heterocycles. The molecule has 3 aromatic carbocycles. The first kappa shape index (κ1) is 28.5. The molecule has 1 unspecified atom stereocenters. The molecule has 10 nitrogen and oxygen atoms in total. The molecule has 0 aliphatic carbocycles. The molecule has 5 heterocycles. The van der Waals surface area contributed by atoms with E-state index >= 15 is 0 Å². The number of carbonyl (C=O) groups is 2. The molecule has 0 saturated carbocycles. The second-order valence-electron chi connectivity index (χ2n) is 11.4. The quantitative estimate of drug-likeness (QED) is 0.314. The minimum Gasteiger partial charge on any atom is -0.497 e. The second kappa shape index (κ2) is 12.4. The van der Waals surface area contributed by atoms with Gasteiger partial charge in [-0.3, -0.25) is 9.59 Å². The number of aromatic nitrogens is 3. The average Bonchev–Trinajstić information content (AvgIpc) is 3.74. The molecule has 8 rings (SSSR count). The van der Waals surface area contributed by atoms with Crippen molar-refractivity contribution in [3.63, 3.8) is 0 Å². The Morgan fingerprint density at radius 1 is 0.978 bits per heavy atom. The monoisotopic (exact) mass is 605 g/mol. The summed E-state index contributed by atoms with van der Waals surface area (Å²) in [5.41, 5.74) is 4.60. The van der Waals surface area contributed by atoms with Crippen LogP contribution in [-0.4, -0.2) is 76.1 Å². The largest absolute Gasteiger partial charge is 0.497 e. The number of nitrogens with zero attached hydrogens (tertiary/aromatic N) is 4. The summed E-state index contributed by atoms with van der Waals surface area (Å²) in [6, 6.07) is 21.4. The van der Waals surface area contributed by atoms with E-state index in [1.807, 2.05) is 64.4 Å². The summed E-state index contributed by atoms with van der Waals surface area (Å²) in [6.45, 7) is 2.51. The fourth-order valence-electron chi connectivity index (χ4n) is 6.28. The average molecular weight is 606 g/mol. The molecule has 2 aromatic heterocycles. The summed E-state index contributed by atoms with van der Waals surface area (Å²) in [5.74, 6) is 2.16. The zero-order chi connectivity index (χ0) is 30.8. The van der Waals surface area contributed by atoms with Crippen LogP contribution in [0.15, 0.2) is 85.5 Å². The van der Waals surface area contributed by atoms with Crippen molar-refractivity contribution < 1.29 is 23.8 Å². The smallest absolute Gasteiger partial charge is 0.270 e. The topological polar surface area (TPSA) is 102 Å². The maximum absolute atomic E-state index is 13.7. The second-order valence-corrected chi connectivity index (χ2v) is 11.4. The van der Waals surface area contributed by atoms with Crippen LogP contribution < -0.4 is 14.2 Å². The van der Waals surface area contributed by atoms with Crippen LogP contribution in [0.4, 0.5) is 0 Å². The van der Waals surface area contributed by atoms with E-state index in [9.17, 15) is 9.59 Å². The molecule has 5 aromatic rings. The van der Waals surface area contributed by atoms with Crippen molar-refractivity contribution in [2.24, 2.45) is 0 Å². The fraction of sp³-hybridized carbons (Fsp3) is 0.286. The molecule has 45 heavy (non-hydrogen) atoms. The van der Waals surface area contributed by atoms with Gasteiger partial charge in [0.15, 0.2) is 0 Å². The Bertz CT molecular complexity index is 1830. The van der Waals surface area contributed by atoms with Crippen LogP contribution in [0.2, 0.25) is 0 Å². The van der Waals surface area contributed by atoms with Crippen molar-refractivity contribution in [3.05, 3.63) is 108 Å². The lowest BCUT2D eigenvalue weighted by Gasteiger charge is -2.38. The lowest BCUT2D eigenvalue weighted by atomic mass is 9.87. The van der Waals surface area contributed by atoms with Gasteiger partial charge in [-0.2, -0.15) is 0 Å². The Hall–Kier alpha value is -5.25. The van der Waals surface area contributed by atoms with Crippen molar-refractivity contribution in [1.29, 1.82) is 0 Å². The predicted molar refractivity (Wildman–Crippen MR) is 169 cm³/mol. The minimum atomic E-state index is -0.250. The van der Waals surface area contributed by atoms with Crippen LogP contribution in [0, 0.1) is 0 Å². The maximum atomic E-state index is 13.7. The summed E-state index contributed by atoms with van der Waals surface area (Å²) in [4.78, 5) is 38.4. The summed E-state index contributed by atoms with van der Waals surface area (Å²) in [7, 11) is 1.63. The predicted octanol–water partition coefficient (Wildman–Crippen LogP) is 4.85. The van der Waals surface area contributed by atoms with Crippen LogP contribution in [0.25, 0.3) is 10.9 Å². The molecule has 6 bridgehead atoms. The molecule has 10 heteroatoms. The highest BCUT2D eigenvalue weighted by atomic mass is 16.5. The number of carbonyl (C=O) groups excluding carboxylic acids is 2. The number of H-pyrrole nitrogens is 1. The summed E-state index contributed by atoms with van der Waals surface area (Å²) < 4.78 is 19.6. The van der Waals surface area contributed by atoms with E-state index < -0.39 is 0 Å². The first-order valence-corrected chi connectivity index (χ1v) is 15.3. The third kappa shape index (κ3) is 5.95. The van der Waals surface area contributed by atoms with E-state index in [1.54, 1.807) is 30.4 Å². The number of ether oxygens (including phenoxy) is 3. The van der Waals surface area contributed by atoms with E-state index in [0.29, 0.717) is 51.4 Å². The lowest BCUT2D eigenvalue weighted by molar-refractivity contribution is -0.134. The molecule has 2 amide bonds. The molecular formula is C35H35N5O5. The Morgan fingerprint density at radius 2 is 1.87 bits per heavy atom. The molecule has 0 radical (unpaired) electrons. The van der Waals surface area contributed by atoms with Crippen LogP contribution >= 0.6 is 0 Å². The summed E-state index contributed by atoms with van der Waals surface area (Å²) in [6.07, 6.45) is 6.51.